The number of likely N-dealkylation sites (N-methyl/N-ethyl adjacent to an activating group) is 1. The lowest BCUT2D eigenvalue weighted by atomic mass is 10.1. The molecule has 0 bridgehead atoms. The third-order valence-electron chi connectivity index (χ3n) is 5.65. The lowest BCUT2D eigenvalue weighted by molar-refractivity contribution is 0.269. The van der Waals surface area contributed by atoms with Crippen molar-refractivity contribution in [3.8, 4) is 11.4 Å². The van der Waals surface area contributed by atoms with Gasteiger partial charge in [0.1, 0.15) is 17.9 Å². The molecule has 2 aromatic carbocycles. The van der Waals surface area contributed by atoms with Crippen LogP contribution in [-0.4, -0.2) is 53.8 Å². The summed E-state index contributed by atoms with van der Waals surface area (Å²) in [5.74, 6) is 1.58. The zero-order valence-electron chi connectivity index (χ0n) is 19.3. The van der Waals surface area contributed by atoms with Crippen LogP contribution in [0.4, 0.5) is 5.82 Å². The van der Waals surface area contributed by atoms with E-state index in [0.29, 0.717) is 6.61 Å². The van der Waals surface area contributed by atoms with E-state index in [0.717, 1.165) is 46.0 Å². The van der Waals surface area contributed by atoms with E-state index >= 15 is 0 Å². The highest BCUT2D eigenvalue weighted by atomic mass is 16.5. The summed E-state index contributed by atoms with van der Waals surface area (Å²) in [6, 6.07) is 18.7. The molecule has 1 N–H and O–H groups in total. The van der Waals surface area contributed by atoms with Crippen molar-refractivity contribution >= 4 is 16.7 Å². The topological polar surface area (TPSA) is 68.1 Å². The van der Waals surface area contributed by atoms with E-state index in [1.54, 1.807) is 0 Å². The summed E-state index contributed by atoms with van der Waals surface area (Å²) in [6.07, 6.45) is 0.910. The van der Waals surface area contributed by atoms with E-state index in [1.807, 2.05) is 68.0 Å². The van der Waals surface area contributed by atoms with Crippen molar-refractivity contribution in [3.05, 3.63) is 71.5 Å². The van der Waals surface area contributed by atoms with E-state index in [-0.39, 0.29) is 6.04 Å². The van der Waals surface area contributed by atoms with E-state index < -0.39 is 0 Å². The minimum atomic E-state index is 0.220. The number of nitrogens with zero attached hydrogens (tertiary/aromatic N) is 5. The normalized spacial score (nSPS) is 12.2. The minimum Gasteiger partial charge on any atom is -0.492 e. The Kier molecular flexibility index (Phi) is 6.37. The lowest BCUT2D eigenvalue weighted by Crippen LogP contribution is -2.33. The molecule has 4 rings (SSSR count). The Bertz CT molecular complexity index is 1200. The number of nitrogens with one attached hydrogen (secondary N) is 1. The molecule has 0 aliphatic heterocycles. The minimum absolute atomic E-state index is 0.220. The fourth-order valence-corrected chi connectivity index (χ4v) is 3.91. The molecule has 0 radical (unpaired) electrons. The molecule has 0 spiro atoms. The van der Waals surface area contributed by atoms with Crippen molar-refractivity contribution in [1.29, 1.82) is 0 Å². The second-order valence-electron chi connectivity index (χ2n) is 8.21. The summed E-state index contributed by atoms with van der Waals surface area (Å²) in [7, 11) is 5.88. The van der Waals surface area contributed by atoms with Crippen LogP contribution >= 0.6 is 0 Å². The second kappa shape index (κ2) is 9.36. The molecule has 0 aliphatic carbocycles. The van der Waals surface area contributed by atoms with Crippen LogP contribution in [0.1, 0.15) is 17.0 Å². The van der Waals surface area contributed by atoms with Crippen molar-refractivity contribution in [1.82, 2.24) is 25.3 Å². The second-order valence-corrected chi connectivity index (χ2v) is 8.21. The van der Waals surface area contributed by atoms with Crippen LogP contribution in [0.5, 0.6) is 5.75 Å². The van der Waals surface area contributed by atoms with Gasteiger partial charge in [-0.25, -0.2) is 4.68 Å². The molecule has 1 atom stereocenters. The third kappa shape index (κ3) is 4.43. The Morgan fingerprint density at radius 1 is 1.03 bits per heavy atom. The number of ether oxygens (including phenoxy) is 1. The zero-order valence-corrected chi connectivity index (χ0v) is 19.3. The molecule has 32 heavy (non-hydrogen) atoms. The monoisotopic (exact) mass is 430 g/mol. The fraction of sp³-hybridized carbons (Fsp3) is 0.320. The first-order valence-corrected chi connectivity index (χ1v) is 10.8. The third-order valence-corrected chi connectivity index (χ3v) is 5.65. The van der Waals surface area contributed by atoms with E-state index in [9.17, 15) is 0 Å². The Morgan fingerprint density at radius 2 is 1.81 bits per heavy atom. The van der Waals surface area contributed by atoms with Crippen LogP contribution in [0, 0.1) is 13.8 Å². The molecule has 1 unspecified atom stereocenters. The maximum Gasteiger partial charge on any atom is 0.179 e. The number of anilines is 1. The number of aromatic nitrogens is 4. The number of aryl methyl sites for hydroxylation is 2. The number of rotatable bonds is 8. The summed E-state index contributed by atoms with van der Waals surface area (Å²) in [5, 5.41) is 17.9. The molecular formula is C25H30N6O. The van der Waals surface area contributed by atoms with E-state index in [2.05, 4.69) is 46.7 Å². The molecule has 7 heteroatoms. The molecule has 0 saturated heterocycles. The van der Waals surface area contributed by atoms with Gasteiger partial charge in [-0.05, 0) is 45.0 Å². The van der Waals surface area contributed by atoms with Gasteiger partial charge in [0.05, 0.1) is 22.5 Å². The van der Waals surface area contributed by atoms with Crippen molar-refractivity contribution in [2.75, 3.05) is 32.6 Å². The zero-order chi connectivity index (χ0) is 22.7. The number of hydrogen-bond donors (Lipinski definition) is 1. The first-order chi connectivity index (χ1) is 15.5. The maximum atomic E-state index is 6.16. The standard InChI is InChI=1S/C25H30N6O/c1-17-23-18(2)31(29-24(23)25(28-27-17)30(4)5)21-12-9-13-22(15-21)32-16-20(26-3)14-19-10-7-6-8-11-19/h6-13,15,20,26H,14,16H2,1-5H3. The van der Waals surface area contributed by atoms with Crippen LogP contribution in [0.25, 0.3) is 16.6 Å². The smallest absolute Gasteiger partial charge is 0.179 e. The summed E-state index contributed by atoms with van der Waals surface area (Å²) in [4.78, 5) is 1.94. The molecule has 0 amide bonds. The van der Waals surface area contributed by atoms with Crippen molar-refractivity contribution in [2.45, 2.75) is 26.3 Å². The first kappa shape index (κ1) is 21.8. The van der Waals surface area contributed by atoms with Crippen LogP contribution in [0.15, 0.2) is 54.6 Å². The molecule has 166 valence electrons. The van der Waals surface area contributed by atoms with Gasteiger partial charge in [0.2, 0.25) is 0 Å². The highest BCUT2D eigenvalue weighted by molar-refractivity contribution is 5.92. The highest BCUT2D eigenvalue weighted by Gasteiger charge is 2.18. The van der Waals surface area contributed by atoms with Gasteiger partial charge < -0.3 is 15.0 Å². The summed E-state index contributed by atoms with van der Waals surface area (Å²) in [5.41, 5.74) is 5.00. The Hall–Kier alpha value is -3.45. The molecule has 0 fully saturated rings. The van der Waals surface area contributed by atoms with Gasteiger partial charge in [-0.3, -0.25) is 0 Å². The van der Waals surface area contributed by atoms with Crippen LogP contribution < -0.4 is 15.0 Å². The largest absolute Gasteiger partial charge is 0.492 e. The quantitative estimate of drug-likeness (QED) is 0.460. The maximum absolute atomic E-state index is 6.16. The van der Waals surface area contributed by atoms with Gasteiger partial charge in [0, 0.05) is 26.2 Å². The predicted molar refractivity (Wildman–Crippen MR) is 129 cm³/mol. The van der Waals surface area contributed by atoms with Gasteiger partial charge in [0.25, 0.3) is 0 Å². The summed E-state index contributed by atoms with van der Waals surface area (Å²) >= 11 is 0. The average molecular weight is 431 g/mol. The van der Waals surface area contributed by atoms with Crippen molar-refractivity contribution in [2.24, 2.45) is 0 Å². The van der Waals surface area contributed by atoms with Crippen LogP contribution in [0.3, 0.4) is 0 Å². The van der Waals surface area contributed by atoms with Crippen molar-refractivity contribution in [3.63, 3.8) is 0 Å². The molecule has 2 heterocycles. The summed E-state index contributed by atoms with van der Waals surface area (Å²) < 4.78 is 8.10. The summed E-state index contributed by atoms with van der Waals surface area (Å²) in [6.45, 7) is 4.61. The Morgan fingerprint density at radius 3 is 2.53 bits per heavy atom. The van der Waals surface area contributed by atoms with Gasteiger partial charge in [-0.2, -0.15) is 10.2 Å². The predicted octanol–water partition coefficient (Wildman–Crippen LogP) is 3.71. The van der Waals surface area contributed by atoms with Gasteiger partial charge >= 0.3 is 0 Å². The Balaban J connectivity index is 1.58. The van der Waals surface area contributed by atoms with Crippen LogP contribution in [-0.2, 0) is 6.42 Å². The lowest BCUT2D eigenvalue weighted by Gasteiger charge is -2.17. The molecule has 2 aromatic heterocycles. The first-order valence-electron chi connectivity index (χ1n) is 10.8. The Labute approximate surface area is 189 Å². The fourth-order valence-electron chi connectivity index (χ4n) is 3.91. The molecule has 0 saturated carbocycles. The van der Waals surface area contributed by atoms with Gasteiger partial charge in [0.15, 0.2) is 5.82 Å². The molecular weight excluding hydrogens is 400 g/mol. The van der Waals surface area contributed by atoms with E-state index in [1.165, 1.54) is 5.56 Å². The number of benzene rings is 2. The van der Waals surface area contributed by atoms with Crippen LogP contribution in [0.2, 0.25) is 0 Å². The molecule has 0 aliphatic rings. The van der Waals surface area contributed by atoms with Gasteiger partial charge in [-0.15, -0.1) is 5.10 Å². The van der Waals surface area contributed by atoms with Crippen molar-refractivity contribution < 1.29 is 4.74 Å². The number of fused-ring (bicyclic) bond motifs is 1. The SMILES string of the molecule is CNC(COc1cccc(-n2nc3c(N(C)C)nnc(C)c3c2C)c1)Cc1ccccc1. The average Bonchev–Trinajstić information content (AvgIpc) is 3.15. The number of hydrogen-bond acceptors (Lipinski definition) is 6. The highest BCUT2D eigenvalue weighted by Crippen LogP contribution is 2.29. The van der Waals surface area contributed by atoms with E-state index in [4.69, 9.17) is 9.84 Å². The molecule has 7 nitrogen and oxygen atoms in total. The van der Waals surface area contributed by atoms with Gasteiger partial charge in [-0.1, -0.05) is 36.4 Å². The molecule has 4 aromatic rings.